The fourth-order valence-electron chi connectivity index (χ4n) is 2.14. The zero-order chi connectivity index (χ0) is 11.4. The van der Waals surface area contributed by atoms with Crippen molar-refractivity contribution in [2.75, 3.05) is 4.43 Å². The van der Waals surface area contributed by atoms with E-state index >= 15 is 0 Å². The van der Waals surface area contributed by atoms with E-state index in [1.165, 1.54) is 37.8 Å². The number of rotatable bonds is 4. The van der Waals surface area contributed by atoms with E-state index in [1.807, 2.05) is 12.1 Å². The topological polar surface area (TPSA) is 9.23 Å². The van der Waals surface area contributed by atoms with Gasteiger partial charge in [-0.1, -0.05) is 47.6 Å². The van der Waals surface area contributed by atoms with Crippen LogP contribution in [0.3, 0.4) is 0 Å². The fourth-order valence-corrected chi connectivity index (χ4v) is 2.85. The van der Waals surface area contributed by atoms with Crippen molar-refractivity contribution in [3.05, 3.63) is 35.6 Å². The molecule has 1 fully saturated rings. The van der Waals surface area contributed by atoms with Crippen molar-refractivity contribution in [2.24, 2.45) is 0 Å². The summed E-state index contributed by atoms with van der Waals surface area (Å²) < 4.78 is 19.8. The van der Waals surface area contributed by atoms with Gasteiger partial charge in [0.05, 0.1) is 12.2 Å². The molecule has 3 heteroatoms. The minimum atomic E-state index is -0.183. The van der Waals surface area contributed by atoms with Gasteiger partial charge in [0.1, 0.15) is 5.82 Å². The van der Waals surface area contributed by atoms with Gasteiger partial charge >= 0.3 is 0 Å². The van der Waals surface area contributed by atoms with Crippen LogP contribution in [-0.2, 0) is 4.74 Å². The van der Waals surface area contributed by atoms with Crippen molar-refractivity contribution in [1.29, 1.82) is 0 Å². The van der Waals surface area contributed by atoms with Crippen LogP contribution in [0.15, 0.2) is 24.3 Å². The smallest absolute Gasteiger partial charge is 0.123 e. The summed E-state index contributed by atoms with van der Waals surface area (Å²) in [4.78, 5) is 0. The maximum atomic E-state index is 12.8. The number of alkyl halides is 1. The molecule has 88 valence electrons. The lowest BCUT2D eigenvalue weighted by Gasteiger charge is -2.20. The van der Waals surface area contributed by atoms with Gasteiger partial charge in [-0.25, -0.2) is 4.39 Å². The highest BCUT2D eigenvalue weighted by atomic mass is 127. The second-order valence-corrected chi connectivity index (χ2v) is 5.12. The summed E-state index contributed by atoms with van der Waals surface area (Å²) >= 11 is 2.33. The largest absolute Gasteiger partial charge is 0.369 e. The minimum absolute atomic E-state index is 0.115. The van der Waals surface area contributed by atoms with E-state index in [0.29, 0.717) is 6.10 Å². The SMILES string of the molecule is Fc1ccc(C(CI)OC2CCCC2)cc1. The van der Waals surface area contributed by atoms with E-state index in [9.17, 15) is 4.39 Å². The predicted molar refractivity (Wildman–Crippen MR) is 71.4 cm³/mol. The molecule has 0 amide bonds. The minimum Gasteiger partial charge on any atom is -0.369 e. The molecule has 0 radical (unpaired) electrons. The maximum Gasteiger partial charge on any atom is 0.123 e. The van der Waals surface area contributed by atoms with Crippen LogP contribution in [0.25, 0.3) is 0 Å². The Bertz CT molecular complexity index is 319. The van der Waals surface area contributed by atoms with Crippen molar-refractivity contribution in [1.82, 2.24) is 0 Å². The molecule has 1 aromatic carbocycles. The predicted octanol–water partition coefficient (Wildman–Crippen LogP) is 4.26. The highest BCUT2D eigenvalue weighted by Gasteiger charge is 2.20. The number of benzene rings is 1. The van der Waals surface area contributed by atoms with Crippen LogP contribution in [0.5, 0.6) is 0 Å². The summed E-state index contributed by atoms with van der Waals surface area (Å²) in [6.07, 6.45) is 5.43. The number of ether oxygens (including phenoxy) is 1. The van der Waals surface area contributed by atoms with Gasteiger partial charge in [-0.3, -0.25) is 0 Å². The molecule has 0 aromatic heterocycles. The van der Waals surface area contributed by atoms with Crippen molar-refractivity contribution in [2.45, 2.75) is 37.9 Å². The Labute approximate surface area is 110 Å². The Hall–Kier alpha value is -0.160. The Morgan fingerprint density at radius 3 is 2.44 bits per heavy atom. The van der Waals surface area contributed by atoms with Gasteiger partial charge in [0, 0.05) is 4.43 Å². The van der Waals surface area contributed by atoms with E-state index in [4.69, 9.17) is 4.74 Å². The molecule has 0 bridgehead atoms. The standard InChI is InChI=1S/C13H16FIO/c14-11-7-5-10(6-8-11)13(9-15)16-12-3-1-2-4-12/h5-8,12-13H,1-4,9H2. The quantitative estimate of drug-likeness (QED) is 0.591. The molecule has 2 rings (SSSR count). The molecular weight excluding hydrogens is 318 g/mol. The van der Waals surface area contributed by atoms with Crippen molar-refractivity contribution < 1.29 is 9.13 Å². The van der Waals surface area contributed by atoms with Crippen molar-refractivity contribution in [3.63, 3.8) is 0 Å². The molecule has 16 heavy (non-hydrogen) atoms. The van der Waals surface area contributed by atoms with Gasteiger partial charge in [-0.15, -0.1) is 0 Å². The first-order valence-corrected chi connectivity index (χ1v) is 7.29. The van der Waals surface area contributed by atoms with E-state index in [0.717, 1.165) is 9.99 Å². The molecule has 0 aliphatic heterocycles. The van der Waals surface area contributed by atoms with Crippen LogP contribution >= 0.6 is 22.6 Å². The molecule has 0 N–H and O–H groups in total. The molecule has 0 heterocycles. The number of halogens is 2. The third-order valence-corrected chi connectivity index (χ3v) is 3.84. The second kappa shape index (κ2) is 5.96. The van der Waals surface area contributed by atoms with Crippen molar-refractivity contribution >= 4 is 22.6 Å². The van der Waals surface area contributed by atoms with Crippen LogP contribution in [0, 0.1) is 5.82 Å². The van der Waals surface area contributed by atoms with Crippen LogP contribution in [0.1, 0.15) is 37.4 Å². The second-order valence-electron chi connectivity index (χ2n) is 4.24. The fraction of sp³-hybridized carbons (Fsp3) is 0.538. The van der Waals surface area contributed by atoms with Gasteiger partial charge in [-0.2, -0.15) is 0 Å². The molecule has 0 spiro atoms. The normalized spacial score (nSPS) is 18.9. The summed E-state index contributed by atoms with van der Waals surface area (Å²) in [5.41, 5.74) is 1.09. The van der Waals surface area contributed by atoms with Crippen molar-refractivity contribution in [3.8, 4) is 0 Å². The molecule has 1 aromatic rings. The first kappa shape index (κ1) is 12.3. The summed E-state index contributed by atoms with van der Waals surface area (Å²) in [6.45, 7) is 0. The highest BCUT2D eigenvalue weighted by molar-refractivity contribution is 14.1. The monoisotopic (exact) mass is 334 g/mol. The highest BCUT2D eigenvalue weighted by Crippen LogP contribution is 2.29. The Kier molecular flexibility index (Phi) is 4.58. The first-order valence-electron chi connectivity index (χ1n) is 5.76. The number of hydrogen-bond donors (Lipinski definition) is 0. The Morgan fingerprint density at radius 1 is 1.25 bits per heavy atom. The third kappa shape index (κ3) is 3.17. The van der Waals surface area contributed by atoms with Crippen LogP contribution in [0.4, 0.5) is 4.39 Å². The average Bonchev–Trinajstić information content (AvgIpc) is 2.80. The summed E-state index contributed by atoms with van der Waals surface area (Å²) in [7, 11) is 0. The number of hydrogen-bond acceptors (Lipinski definition) is 1. The molecule has 1 atom stereocenters. The zero-order valence-electron chi connectivity index (χ0n) is 9.16. The molecule has 1 unspecified atom stereocenters. The summed E-state index contributed by atoms with van der Waals surface area (Å²) in [6, 6.07) is 6.67. The van der Waals surface area contributed by atoms with Gasteiger partial charge in [0.25, 0.3) is 0 Å². The zero-order valence-corrected chi connectivity index (χ0v) is 11.3. The van der Waals surface area contributed by atoms with Crippen LogP contribution in [-0.4, -0.2) is 10.5 Å². The van der Waals surface area contributed by atoms with Crippen LogP contribution < -0.4 is 0 Å². The first-order chi connectivity index (χ1) is 7.79. The molecular formula is C13H16FIO. The van der Waals surface area contributed by atoms with E-state index in [-0.39, 0.29) is 11.9 Å². The van der Waals surface area contributed by atoms with Crippen LogP contribution in [0.2, 0.25) is 0 Å². The molecule has 1 nitrogen and oxygen atoms in total. The lowest BCUT2D eigenvalue weighted by molar-refractivity contribution is 0.00523. The lowest BCUT2D eigenvalue weighted by Crippen LogP contribution is -2.14. The molecule has 1 aliphatic rings. The average molecular weight is 334 g/mol. The van der Waals surface area contributed by atoms with E-state index in [2.05, 4.69) is 22.6 Å². The molecule has 1 saturated carbocycles. The molecule has 0 saturated heterocycles. The van der Waals surface area contributed by atoms with Gasteiger partial charge in [0.15, 0.2) is 0 Å². The lowest BCUT2D eigenvalue weighted by atomic mass is 10.1. The third-order valence-electron chi connectivity index (χ3n) is 3.04. The van der Waals surface area contributed by atoms with E-state index in [1.54, 1.807) is 0 Å². The Morgan fingerprint density at radius 2 is 1.88 bits per heavy atom. The van der Waals surface area contributed by atoms with Gasteiger partial charge in [0.2, 0.25) is 0 Å². The van der Waals surface area contributed by atoms with Gasteiger partial charge in [-0.05, 0) is 30.5 Å². The van der Waals surface area contributed by atoms with Gasteiger partial charge < -0.3 is 4.74 Å². The summed E-state index contributed by atoms with van der Waals surface area (Å²) in [5.74, 6) is -0.183. The summed E-state index contributed by atoms with van der Waals surface area (Å²) in [5, 5.41) is 0. The Balaban J connectivity index is 2.00. The maximum absolute atomic E-state index is 12.8. The molecule has 1 aliphatic carbocycles. The van der Waals surface area contributed by atoms with E-state index < -0.39 is 0 Å².